The van der Waals surface area contributed by atoms with Crippen molar-refractivity contribution in [2.45, 2.75) is 0 Å². The van der Waals surface area contributed by atoms with Crippen LogP contribution in [0.4, 0.5) is 5.69 Å². The monoisotopic (exact) mass is 434 g/mol. The van der Waals surface area contributed by atoms with Gasteiger partial charge in [-0.3, -0.25) is 9.59 Å². The number of amides is 2. The van der Waals surface area contributed by atoms with Gasteiger partial charge in [0.25, 0.3) is 11.8 Å². The van der Waals surface area contributed by atoms with E-state index >= 15 is 0 Å². The van der Waals surface area contributed by atoms with Crippen LogP contribution in [-0.2, 0) is 4.74 Å². The van der Waals surface area contributed by atoms with E-state index in [4.69, 9.17) is 14.2 Å². The lowest BCUT2D eigenvalue weighted by molar-refractivity contribution is 0.0936. The molecule has 3 aromatic carbocycles. The Balaban J connectivity index is 1.49. The quantitative estimate of drug-likeness (QED) is 0.449. The molecule has 0 atom stereocenters. The Morgan fingerprint density at radius 2 is 1.41 bits per heavy atom. The van der Waals surface area contributed by atoms with Gasteiger partial charge in [0.15, 0.2) is 0 Å². The van der Waals surface area contributed by atoms with E-state index in [1.165, 1.54) is 0 Å². The third-order valence-electron chi connectivity index (χ3n) is 4.46. The largest absolute Gasteiger partial charge is 0.490 e. The Bertz CT molecular complexity index is 1010. The molecule has 32 heavy (non-hydrogen) atoms. The van der Waals surface area contributed by atoms with Crippen molar-refractivity contribution in [1.29, 1.82) is 0 Å². The van der Waals surface area contributed by atoms with Crippen LogP contribution in [0.5, 0.6) is 11.5 Å². The number of anilines is 1. The van der Waals surface area contributed by atoms with Gasteiger partial charge in [0.1, 0.15) is 24.7 Å². The summed E-state index contributed by atoms with van der Waals surface area (Å²) in [5.74, 6) is 0.898. The van der Waals surface area contributed by atoms with Crippen LogP contribution in [0.2, 0.25) is 0 Å². The first kappa shape index (κ1) is 22.8. The van der Waals surface area contributed by atoms with Crippen molar-refractivity contribution in [1.82, 2.24) is 5.32 Å². The lowest BCUT2D eigenvalue weighted by Crippen LogP contribution is -2.26. The zero-order chi connectivity index (χ0) is 22.6. The number of carbonyl (C=O) groups is 2. The van der Waals surface area contributed by atoms with Crippen LogP contribution in [-0.4, -0.2) is 45.3 Å². The average Bonchev–Trinajstić information content (AvgIpc) is 2.83. The van der Waals surface area contributed by atoms with Gasteiger partial charge in [0.05, 0.1) is 6.61 Å². The number of hydrogen-bond acceptors (Lipinski definition) is 5. The fourth-order valence-electron chi connectivity index (χ4n) is 2.84. The van der Waals surface area contributed by atoms with Gasteiger partial charge in [-0.05, 0) is 54.6 Å². The smallest absolute Gasteiger partial charge is 0.255 e. The van der Waals surface area contributed by atoms with E-state index in [1.54, 1.807) is 55.6 Å². The highest BCUT2D eigenvalue weighted by molar-refractivity contribution is 6.04. The number of methoxy groups -OCH3 is 1. The van der Waals surface area contributed by atoms with Crippen LogP contribution >= 0.6 is 0 Å². The van der Waals surface area contributed by atoms with Crippen molar-refractivity contribution in [2.75, 3.05) is 38.8 Å². The molecule has 0 saturated heterocycles. The summed E-state index contributed by atoms with van der Waals surface area (Å²) in [7, 11) is 1.58. The van der Waals surface area contributed by atoms with Gasteiger partial charge in [0, 0.05) is 30.5 Å². The van der Waals surface area contributed by atoms with Crippen LogP contribution < -0.4 is 20.1 Å². The molecule has 0 aromatic heterocycles. The molecule has 0 unspecified atom stereocenters. The number of hydrogen-bond donors (Lipinski definition) is 2. The lowest BCUT2D eigenvalue weighted by Gasteiger charge is -2.10. The lowest BCUT2D eigenvalue weighted by atomic mass is 10.1. The van der Waals surface area contributed by atoms with Crippen molar-refractivity contribution >= 4 is 17.5 Å². The fraction of sp³-hybridized carbons (Fsp3) is 0.200. The molecule has 0 radical (unpaired) electrons. The zero-order valence-electron chi connectivity index (χ0n) is 17.9. The van der Waals surface area contributed by atoms with Gasteiger partial charge >= 0.3 is 0 Å². The molecule has 2 N–H and O–H groups in total. The number of benzene rings is 3. The predicted molar refractivity (Wildman–Crippen MR) is 122 cm³/mol. The Morgan fingerprint density at radius 3 is 2.12 bits per heavy atom. The highest BCUT2D eigenvalue weighted by Gasteiger charge is 2.09. The standard InChI is InChI=1S/C25H26N2O5/c1-30-15-14-26-24(28)19-10-12-21(13-11-19)27-25(29)20-6-5-9-23(18-20)32-17-16-31-22-7-3-2-4-8-22/h2-13,18H,14-17H2,1H3,(H,26,28)(H,27,29). The van der Waals surface area contributed by atoms with Gasteiger partial charge in [0.2, 0.25) is 0 Å². The molecule has 0 spiro atoms. The number of nitrogens with one attached hydrogen (secondary N) is 2. The summed E-state index contributed by atoms with van der Waals surface area (Å²) in [5.41, 5.74) is 1.56. The van der Waals surface area contributed by atoms with E-state index < -0.39 is 0 Å². The Hall–Kier alpha value is -3.84. The van der Waals surface area contributed by atoms with E-state index in [9.17, 15) is 9.59 Å². The molecule has 0 aliphatic heterocycles. The summed E-state index contributed by atoms with van der Waals surface area (Å²) in [6.07, 6.45) is 0. The zero-order valence-corrected chi connectivity index (χ0v) is 17.9. The summed E-state index contributed by atoms with van der Waals surface area (Å²) < 4.78 is 16.2. The molecule has 0 aliphatic rings. The van der Waals surface area contributed by atoms with Gasteiger partial charge in [-0.1, -0.05) is 24.3 Å². The van der Waals surface area contributed by atoms with Crippen LogP contribution in [0.3, 0.4) is 0 Å². The van der Waals surface area contributed by atoms with E-state index in [2.05, 4.69) is 10.6 Å². The number of rotatable bonds is 11. The number of para-hydroxylation sites is 1. The maximum atomic E-state index is 12.6. The SMILES string of the molecule is COCCNC(=O)c1ccc(NC(=O)c2cccc(OCCOc3ccccc3)c2)cc1. The second-order valence-electron chi connectivity index (χ2n) is 6.82. The van der Waals surface area contributed by atoms with E-state index in [0.29, 0.717) is 48.9 Å². The van der Waals surface area contributed by atoms with Crippen molar-refractivity contribution < 1.29 is 23.8 Å². The molecule has 2 amide bonds. The maximum Gasteiger partial charge on any atom is 0.255 e. The Labute approximate surface area is 187 Å². The third kappa shape index (κ3) is 7.14. The van der Waals surface area contributed by atoms with E-state index in [-0.39, 0.29) is 11.8 Å². The van der Waals surface area contributed by atoms with Crippen molar-refractivity contribution in [3.63, 3.8) is 0 Å². The molecule has 7 nitrogen and oxygen atoms in total. The number of carbonyl (C=O) groups excluding carboxylic acids is 2. The highest BCUT2D eigenvalue weighted by Crippen LogP contribution is 2.16. The van der Waals surface area contributed by atoms with Crippen molar-refractivity contribution in [2.24, 2.45) is 0 Å². The van der Waals surface area contributed by atoms with Gasteiger partial charge in [-0.2, -0.15) is 0 Å². The summed E-state index contributed by atoms with van der Waals surface area (Å²) >= 11 is 0. The van der Waals surface area contributed by atoms with Gasteiger partial charge in [-0.25, -0.2) is 0 Å². The first-order chi connectivity index (χ1) is 15.7. The van der Waals surface area contributed by atoms with Crippen LogP contribution in [0.1, 0.15) is 20.7 Å². The molecule has 0 heterocycles. The van der Waals surface area contributed by atoms with E-state index in [1.807, 2.05) is 30.3 Å². The Morgan fingerprint density at radius 1 is 0.719 bits per heavy atom. The third-order valence-corrected chi connectivity index (χ3v) is 4.46. The molecule has 3 rings (SSSR count). The van der Waals surface area contributed by atoms with Crippen molar-refractivity contribution in [3.8, 4) is 11.5 Å². The fourth-order valence-corrected chi connectivity index (χ4v) is 2.84. The van der Waals surface area contributed by atoms with E-state index in [0.717, 1.165) is 5.75 Å². The second-order valence-corrected chi connectivity index (χ2v) is 6.82. The molecule has 3 aromatic rings. The molecular formula is C25H26N2O5. The first-order valence-corrected chi connectivity index (χ1v) is 10.2. The molecule has 0 aliphatic carbocycles. The minimum Gasteiger partial charge on any atom is -0.490 e. The maximum absolute atomic E-state index is 12.6. The Kier molecular flexibility index (Phi) is 8.65. The molecule has 0 fully saturated rings. The summed E-state index contributed by atoms with van der Waals surface area (Å²) in [6, 6.07) is 23.1. The highest BCUT2D eigenvalue weighted by atomic mass is 16.5. The van der Waals surface area contributed by atoms with Crippen LogP contribution in [0.15, 0.2) is 78.9 Å². The summed E-state index contributed by atoms with van der Waals surface area (Å²) in [5, 5.41) is 5.57. The molecule has 7 heteroatoms. The second kappa shape index (κ2) is 12.1. The number of ether oxygens (including phenoxy) is 3. The minimum absolute atomic E-state index is 0.193. The minimum atomic E-state index is -0.270. The summed E-state index contributed by atoms with van der Waals surface area (Å²) in [6.45, 7) is 1.63. The predicted octanol–water partition coefficient (Wildman–Crippen LogP) is 3.77. The average molecular weight is 434 g/mol. The molecule has 0 bridgehead atoms. The summed E-state index contributed by atoms with van der Waals surface area (Å²) in [4.78, 5) is 24.6. The van der Waals surface area contributed by atoms with Gasteiger partial charge in [-0.15, -0.1) is 0 Å². The first-order valence-electron chi connectivity index (χ1n) is 10.2. The van der Waals surface area contributed by atoms with Crippen LogP contribution in [0, 0.1) is 0 Å². The molecule has 166 valence electrons. The molecular weight excluding hydrogens is 408 g/mol. The van der Waals surface area contributed by atoms with Gasteiger partial charge < -0.3 is 24.8 Å². The normalized spacial score (nSPS) is 10.3. The topological polar surface area (TPSA) is 85.9 Å². The van der Waals surface area contributed by atoms with Crippen LogP contribution in [0.25, 0.3) is 0 Å². The van der Waals surface area contributed by atoms with Crippen molar-refractivity contribution in [3.05, 3.63) is 90.0 Å². The molecule has 0 saturated carbocycles.